The Labute approximate surface area is 131 Å². The first-order valence-electron chi connectivity index (χ1n) is 6.02. The lowest BCUT2D eigenvalue weighted by Gasteiger charge is -2.09. The summed E-state index contributed by atoms with van der Waals surface area (Å²) >= 11 is 11.2. The van der Waals surface area contributed by atoms with E-state index in [1.165, 1.54) is 24.3 Å². The van der Waals surface area contributed by atoms with Crippen molar-refractivity contribution >= 4 is 23.2 Å². The molecular weight excluding hydrogens is 317 g/mol. The maximum absolute atomic E-state index is 13.8. The number of hydrogen-bond acceptors (Lipinski definition) is 1. The molecule has 0 aromatic heterocycles. The fourth-order valence-corrected chi connectivity index (χ4v) is 1.93. The molecule has 0 N–H and O–H groups in total. The summed E-state index contributed by atoms with van der Waals surface area (Å²) in [7, 11) is 0. The van der Waals surface area contributed by atoms with Gasteiger partial charge >= 0.3 is 0 Å². The Hall–Kier alpha value is -1.76. The summed E-state index contributed by atoms with van der Waals surface area (Å²) in [6.45, 7) is -0.0341. The average molecular weight is 327 g/mol. The van der Waals surface area contributed by atoms with Crippen LogP contribution in [0.4, 0.5) is 8.78 Å². The van der Waals surface area contributed by atoms with Crippen molar-refractivity contribution in [3.8, 4) is 17.6 Å². The summed E-state index contributed by atoms with van der Waals surface area (Å²) in [5.74, 6) is 4.83. The quantitative estimate of drug-likeness (QED) is 0.582. The zero-order chi connectivity index (χ0) is 15.2. The predicted molar refractivity (Wildman–Crippen MR) is 79.7 cm³/mol. The van der Waals surface area contributed by atoms with Gasteiger partial charge in [-0.3, -0.25) is 0 Å². The van der Waals surface area contributed by atoms with Crippen LogP contribution in [0.3, 0.4) is 0 Å². The molecule has 1 nitrogen and oxygen atoms in total. The van der Waals surface area contributed by atoms with Crippen molar-refractivity contribution in [2.24, 2.45) is 0 Å². The van der Waals surface area contributed by atoms with E-state index in [0.29, 0.717) is 16.9 Å². The van der Waals surface area contributed by atoms with Gasteiger partial charge in [-0.05, 0) is 24.3 Å². The van der Waals surface area contributed by atoms with Crippen molar-refractivity contribution in [3.05, 3.63) is 64.2 Å². The molecule has 0 spiro atoms. The van der Waals surface area contributed by atoms with Gasteiger partial charge in [-0.15, -0.1) is 11.6 Å². The molecular formula is C16H10Cl2F2O. The zero-order valence-electron chi connectivity index (χ0n) is 10.8. The number of alkyl halides is 1. The van der Waals surface area contributed by atoms with Crippen LogP contribution in [0.25, 0.3) is 0 Å². The molecule has 0 saturated carbocycles. The van der Waals surface area contributed by atoms with Crippen molar-refractivity contribution in [1.29, 1.82) is 0 Å². The normalized spacial score (nSPS) is 9.90. The topological polar surface area (TPSA) is 9.23 Å². The first-order chi connectivity index (χ1) is 10.1. The van der Waals surface area contributed by atoms with Gasteiger partial charge in [0.05, 0.1) is 16.5 Å². The van der Waals surface area contributed by atoms with Crippen LogP contribution in [0, 0.1) is 23.5 Å². The molecule has 2 aromatic carbocycles. The molecule has 0 unspecified atom stereocenters. The highest BCUT2D eigenvalue weighted by Gasteiger charge is 2.09. The molecule has 108 valence electrons. The van der Waals surface area contributed by atoms with E-state index < -0.39 is 11.6 Å². The van der Waals surface area contributed by atoms with Crippen LogP contribution < -0.4 is 4.74 Å². The first-order valence-corrected chi connectivity index (χ1v) is 6.93. The molecule has 21 heavy (non-hydrogen) atoms. The fraction of sp³-hybridized carbons (Fsp3) is 0.125. The van der Waals surface area contributed by atoms with Crippen molar-refractivity contribution in [1.82, 2.24) is 0 Å². The molecule has 0 aliphatic heterocycles. The molecule has 0 aliphatic rings. The Morgan fingerprint density at radius 2 is 1.95 bits per heavy atom. The number of halogens is 4. The molecule has 0 radical (unpaired) electrons. The summed E-state index contributed by atoms with van der Waals surface area (Å²) in [6, 6.07) is 8.57. The maximum atomic E-state index is 13.8. The van der Waals surface area contributed by atoms with Gasteiger partial charge < -0.3 is 4.74 Å². The molecule has 0 atom stereocenters. The second kappa shape index (κ2) is 7.31. The second-order valence-electron chi connectivity index (χ2n) is 4.08. The Morgan fingerprint density at radius 1 is 1.14 bits per heavy atom. The molecule has 2 rings (SSSR count). The van der Waals surface area contributed by atoms with E-state index in [1.54, 1.807) is 12.1 Å². The number of hydrogen-bond donors (Lipinski definition) is 0. The minimum atomic E-state index is -0.533. The van der Waals surface area contributed by atoms with Gasteiger partial charge in [0, 0.05) is 5.56 Å². The Bertz CT molecular complexity index is 705. The predicted octanol–water partition coefficient (Wildman–Crippen LogP) is 4.79. The average Bonchev–Trinajstić information content (AvgIpc) is 2.48. The van der Waals surface area contributed by atoms with Gasteiger partial charge in [-0.2, -0.15) is 0 Å². The van der Waals surface area contributed by atoms with E-state index in [1.807, 2.05) is 0 Å². The smallest absolute Gasteiger partial charge is 0.148 e. The highest BCUT2D eigenvalue weighted by atomic mass is 35.5. The molecule has 5 heteroatoms. The summed E-state index contributed by atoms with van der Waals surface area (Å²) in [4.78, 5) is 0. The van der Waals surface area contributed by atoms with Gasteiger partial charge in [0.2, 0.25) is 0 Å². The molecule has 0 saturated heterocycles. The van der Waals surface area contributed by atoms with Crippen molar-refractivity contribution < 1.29 is 13.5 Å². The molecule has 0 amide bonds. The van der Waals surface area contributed by atoms with E-state index in [9.17, 15) is 8.78 Å². The minimum Gasteiger partial charge on any atom is -0.487 e. The number of rotatable bonds is 3. The molecule has 0 heterocycles. The van der Waals surface area contributed by atoms with E-state index in [2.05, 4.69) is 11.8 Å². The molecule has 0 bridgehead atoms. The van der Waals surface area contributed by atoms with E-state index in [4.69, 9.17) is 27.9 Å². The lowest BCUT2D eigenvalue weighted by atomic mass is 10.2. The largest absolute Gasteiger partial charge is 0.487 e. The Kier molecular flexibility index (Phi) is 5.44. The summed E-state index contributed by atoms with van der Waals surface area (Å²) < 4.78 is 32.5. The standard InChI is InChI=1S/C16H10Cl2F2O/c17-8-2-4-11-9-13(19)6-7-15(11)21-10-12-3-1-5-14(18)16(12)20/h1,3,5-7,9H,8,10H2. The highest BCUT2D eigenvalue weighted by molar-refractivity contribution is 6.30. The third-order valence-electron chi connectivity index (χ3n) is 2.65. The van der Waals surface area contributed by atoms with Crippen LogP contribution in [0.5, 0.6) is 5.75 Å². The Morgan fingerprint density at radius 3 is 2.71 bits per heavy atom. The first kappa shape index (κ1) is 15.6. The molecule has 0 fully saturated rings. The van der Waals surface area contributed by atoms with E-state index >= 15 is 0 Å². The second-order valence-corrected chi connectivity index (χ2v) is 4.75. The number of ether oxygens (including phenoxy) is 1. The van der Waals surface area contributed by atoms with E-state index in [0.717, 1.165) is 0 Å². The molecule has 2 aromatic rings. The van der Waals surface area contributed by atoms with Crippen LogP contribution in [-0.2, 0) is 6.61 Å². The van der Waals surface area contributed by atoms with Gasteiger partial charge in [-0.1, -0.05) is 35.6 Å². The van der Waals surface area contributed by atoms with Crippen LogP contribution in [0.15, 0.2) is 36.4 Å². The third kappa shape index (κ3) is 4.10. The fourth-order valence-electron chi connectivity index (χ4n) is 1.67. The summed E-state index contributed by atoms with van der Waals surface area (Å²) in [5.41, 5.74) is 0.668. The highest BCUT2D eigenvalue weighted by Crippen LogP contribution is 2.23. The summed E-state index contributed by atoms with van der Waals surface area (Å²) in [5, 5.41) is 0.0253. The van der Waals surface area contributed by atoms with Gasteiger partial charge in [0.15, 0.2) is 0 Å². The lowest BCUT2D eigenvalue weighted by Crippen LogP contribution is -2.00. The monoisotopic (exact) mass is 326 g/mol. The van der Waals surface area contributed by atoms with Crippen molar-refractivity contribution in [3.63, 3.8) is 0 Å². The van der Waals surface area contributed by atoms with Crippen LogP contribution in [0.1, 0.15) is 11.1 Å². The van der Waals surface area contributed by atoms with Crippen molar-refractivity contribution in [2.75, 3.05) is 5.88 Å². The SMILES string of the molecule is Fc1ccc(OCc2cccc(Cl)c2F)c(C#CCCl)c1. The van der Waals surface area contributed by atoms with Gasteiger partial charge in [0.1, 0.15) is 24.0 Å². The third-order valence-corrected chi connectivity index (χ3v) is 3.07. The van der Waals surface area contributed by atoms with Crippen LogP contribution in [0.2, 0.25) is 5.02 Å². The zero-order valence-corrected chi connectivity index (χ0v) is 12.3. The Balaban J connectivity index is 2.22. The number of benzene rings is 2. The molecule has 0 aliphatic carbocycles. The van der Waals surface area contributed by atoms with Gasteiger partial charge in [-0.25, -0.2) is 8.78 Å². The summed E-state index contributed by atoms with van der Waals surface area (Å²) in [6.07, 6.45) is 0. The van der Waals surface area contributed by atoms with E-state index in [-0.39, 0.29) is 17.5 Å². The maximum Gasteiger partial charge on any atom is 0.148 e. The van der Waals surface area contributed by atoms with Crippen LogP contribution >= 0.6 is 23.2 Å². The van der Waals surface area contributed by atoms with Crippen molar-refractivity contribution in [2.45, 2.75) is 6.61 Å². The lowest BCUT2D eigenvalue weighted by molar-refractivity contribution is 0.298. The van der Waals surface area contributed by atoms with Crippen LogP contribution in [-0.4, -0.2) is 5.88 Å². The van der Waals surface area contributed by atoms with Gasteiger partial charge in [0.25, 0.3) is 0 Å². The minimum absolute atomic E-state index is 0.0253.